The van der Waals surface area contributed by atoms with Crippen LogP contribution >= 0.6 is 11.6 Å². The van der Waals surface area contributed by atoms with Gasteiger partial charge in [-0.2, -0.15) is 5.10 Å². The van der Waals surface area contributed by atoms with Crippen molar-refractivity contribution in [3.8, 4) is 0 Å². The van der Waals surface area contributed by atoms with E-state index in [0.717, 1.165) is 17.3 Å². The number of nitrogens with one attached hydrogen (secondary N) is 1. The van der Waals surface area contributed by atoms with Gasteiger partial charge in [0, 0.05) is 12.5 Å². The Balaban J connectivity index is 2.04. The zero-order chi connectivity index (χ0) is 14.2. The predicted molar refractivity (Wildman–Crippen MR) is 82.0 cm³/mol. The molecular weight excluding hydrogens is 270 g/mol. The molecule has 1 heterocycles. The van der Waals surface area contributed by atoms with E-state index in [1.165, 1.54) is 18.4 Å². The first kappa shape index (κ1) is 13.7. The molecule has 0 bridgehead atoms. The summed E-state index contributed by atoms with van der Waals surface area (Å²) in [7, 11) is 1.96. The van der Waals surface area contributed by atoms with E-state index in [-0.39, 0.29) is 11.5 Å². The molecule has 0 aliphatic heterocycles. The summed E-state index contributed by atoms with van der Waals surface area (Å²) < 4.78 is 1.90. The molecule has 2 aromatic rings. The van der Waals surface area contributed by atoms with Crippen LogP contribution in [0.2, 0.25) is 5.02 Å². The number of halogens is 1. The Morgan fingerprint density at radius 3 is 2.55 bits per heavy atom. The minimum absolute atomic E-state index is 0.161. The van der Waals surface area contributed by atoms with Crippen molar-refractivity contribution < 1.29 is 0 Å². The monoisotopic (exact) mass is 289 g/mol. The Bertz CT molecular complexity index is 568. The summed E-state index contributed by atoms with van der Waals surface area (Å²) in [6.45, 7) is 3.05. The topological polar surface area (TPSA) is 29.9 Å². The minimum atomic E-state index is 0.161. The second-order valence-electron chi connectivity index (χ2n) is 5.51. The number of aromatic nitrogens is 2. The molecule has 20 heavy (non-hydrogen) atoms. The zero-order valence-corrected chi connectivity index (χ0v) is 12.7. The lowest BCUT2D eigenvalue weighted by Crippen LogP contribution is -2.34. The Hall–Kier alpha value is -1.32. The molecule has 1 atom stereocenters. The van der Waals surface area contributed by atoms with Crippen molar-refractivity contribution in [1.82, 2.24) is 15.1 Å². The van der Waals surface area contributed by atoms with E-state index in [1.54, 1.807) is 6.20 Å². The smallest absolute Gasteiger partial charge is 0.0834 e. The highest BCUT2D eigenvalue weighted by Gasteiger charge is 2.52. The Labute approximate surface area is 124 Å². The highest BCUT2D eigenvalue weighted by atomic mass is 35.5. The Kier molecular flexibility index (Phi) is 3.57. The number of aryl methyl sites for hydroxylation is 1. The normalized spacial score (nSPS) is 17.9. The molecule has 1 aromatic heterocycles. The lowest BCUT2D eigenvalue weighted by Gasteiger charge is -2.29. The molecule has 1 N–H and O–H groups in total. The second-order valence-corrected chi connectivity index (χ2v) is 5.92. The van der Waals surface area contributed by atoms with E-state index in [9.17, 15) is 0 Å². The van der Waals surface area contributed by atoms with Crippen LogP contribution in [0, 0.1) is 0 Å². The van der Waals surface area contributed by atoms with Gasteiger partial charge in [-0.1, -0.05) is 48.9 Å². The van der Waals surface area contributed by atoms with Crippen molar-refractivity contribution in [1.29, 1.82) is 0 Å². The van der Waals surface area contributed by atoms with Crippen LogP contribution in [0.4, 0.5) is 0 Å². The van der Waals surface area contributed by atoms with Crippen LogP contribution in [0.25, 0.3) is 0 Å². The lowest BCUT2D eigenvalue weighted by atomic mass is 9.86. The van der Waals surface area contributed by atoms with Crippen LogP contribution in [-0.2, 0) is 12.5 Å². The van der Waals surface area contributed by atoms with Gasteiger partial charge in [0.05, 0.1) is 23.0 Å². The summed E-state index contributed by atoms with van der Waals surface area (Å²) in [6.07, 6.45) is 4.12. The Morgan fingerprint density at radius 2 is 2.05 bits per heavy atom. The van der Waals surface area contributed by atoms with Crippen LogP contribution in [0.1, 0.15) is 37.1 Å². The van der Waals surface area contributed by atoms with Crippen LogP contribution in [-0.4, -0.2) is 16.3 Å². The molecule has 1 saturated carbocycles. The van der Waals surface area contributed by atoms with Crippen molar-refractivity contribution >= 4 is 11.6 Å². The van der Waals surface area contributed by atoms with Gasteiger partial charge in [-0.15, -0.1) is 0 Å². The molecule has 1 aliphatic carbocycles. The van der Waals surface area contributed by atoms with Gasteiger partial charge in [-0.05, 0) is 24.9 Å². The molecular formula is C16H20ClN3. The molecule has 1 aliphatic rings. The van der Waals surface area contributed by atoms with Crippen molar-refractivity contribution in [2.45, 2.75) is 31.2 Å². The van der Waals surface area contributed by atoms with Crippen molar-refractivity contribution in [3.63, 3.8) is 0 Å². The van der Waals surface area contributed by atoms with Gasteiger partial charge in [0.15, 0.2) is 0 Å². The third kappa shape index (κ3) is 2.15. The fraction of sp³-hybridized carbons (Fsp3) is 0.438. The number of likely N-dealkylation sites (N-methyl/N-ethyl adjacent to an activating group) is 1. The number of nitrogens with zero attached hydrogens (tertiary/aromatic N) is 2. The number of benzene rings is 1. The second kappa shape index (κ2) is 5.23. The SMILES string of the molecule is CCNC(c1c(Cl)cnn1C)C1(c2ccccc2)CC1. The fourth-order valence-corrected chi connectivity index (χ4v) is 3.43. The summed E-state index contributed by atoms with van der Waals surface area (Å²) in [5, 5.41) is 8.67. The average Bonchev–Trinajstić information content (AvgIpc) is 3.21. The van der Waals surface area contributed by atoms with Crippen LogP contribution in [0.15, 0.2) is 36.5 Å². The van der Waals surface area contributed by atoms with E-state index >= 15 is 0 Å². The Morgan fingerprint density at radius 1 is 1.35 bits per heavy atom. The molecule has 4 heteroatoms. The first-order chi connectivity index (χ1) is 9.69. The first-order valence-corrected chi connectivity index (χ1v) is 7.53. The predicted octanol–water partition coefficient (Wildman–Crippen LogP) is 3.46. The minimum Gasteiger partial charge on any atom is -0.308 e. The van der Waals surface area contributed by atoms with E-state index in [2.05, 4.69) is 47.7 Å². The fourth-order valence-electron chi connectivity index (χ4n) is 3.15. The first-order valence-electron chi connectivity index (χ1n) is 7.15. The summed E-state index contributed by atoms with van der Waals surface area (Å²) in [5.41, 5.74) is 2.65. The van der Waals surface area contributed by atoms with E-state index in [4.69, 9.17) is 11.6 Å². The maximum atomic E-state index is 6.37. The van der Waals surface area contributed by atoms with Crippen molar-refractivity contribution in [2.24, 2.45) is 7.05 Å². The van der Waals surface area contributed by atoms with Gasteiger partial charge in [0.1, 0.15) is 0 Å². The standard InChI is InChI=1S/C16H20ClN3/c1-3-18-15(14-13(17)11-19-20(14)2)16(9-10-16)12-7-5-4-6-8-12/h4-8,11,15,18H,3,9-10H2,1-2H3. The number of rotatable bonds is 5. The van der Waals surface area contributed by atoms with Gasteiger partial charge in [0.25, 0.3) is 0 Å². The molecule has 0 amide bonds. The molecule has 106 valence electrons. The maximum Gasteiger partial charge on any atom is 0.0834 e. The average molecular weight is 290 g/mol. The third-order valence-electron chi connectivity index (χ3n) is 4.31. The number of hydrogen-bond donors (Lipinski definition) is 1. The van der Waals surface area contributed by atoms with E-state index in [0.29, 0.717) is 0 Å². The quantitative estimate of drug-likeness (QED) is 0.913. The highest BCUT2D eigenvalue weighted by molar-refractivity contribution is 6.31. The van der Waals surface area contributed by atoms with Crippen molar-refractivity contribution in [2.75, 3.05) is 6.54 Å². The molecule has 1 unspecified atom stereocenters. The molecule has 1 aromatic carbocycles. The molecule has 1 fully saturated rings. The largest absolute Gasteiger partial charge is 0.308 e. The molecule has 3 rings (SSSR count). The number of hydrogen-bond acceptors (Lipinski definition) is 2. The van der Waals surface area contributed by atoms with Crippen molar-refractivity contribution in [3.05, 3.63) is 52.8 Å². The van der Waals surface area contributed by atoms with Crippen LogP contribution in [0.5, 0.6) is 0 Å². The van der Waals surface area contributed by atoms with Crippen LogP contribution < -0.4 is 5.32 Å². The van der Waals surface area contributed by atoms with E-state index < -0.39 is 0 Å². The summed E-state index contributed by atoms with van der Waals surface area (Å²) in [6, 6.07) is 11.0. The van der Waals surface area contributed by atoms with Gasteiger partial charge in [-0.25, -0.2) is 0 Å². The summed E-state index contributed by atoms with van der Waals surface area (Å²) >= 11 is 6.37. The maximum absolute atomic E-state index is 6.37. The van der Waals surface area contributed by atoms with Gasteiger partial charge >= 0.3 is 0 Å². The lowest BCUT2D eigenvalue weighted by molar-refractivity contribution is 0.414. The van der Waals surface area contributed by atoms with E-state index in [1.807, 2.05) is 11.7 Å². The third-order valence-corrected chi connectivity index (χ3v) is 4.60. The summed E-state index contributed by atoms with van der Waals surface area (Å²) in [4.78, 5) is 0. The molecule has 0 radical (unpaired) electrons. The summed E-state index contributed by atoms with van der Waals surface area (Å²) in [5.74, 6) is 0. The van der Waals surface area contributed by atoms with Gasteiger partial charge in [-0.3, -0.25) is 4.68 Å². The zero-order valence-electron chi connectivity index (χ0n) is 11.9. The van der Waals surface area contributed by atoms with Gasteiger partial charge in [0.2, 0.25) is 0 Å². The van der Waals surface area contributed by atoms with Crippen LogP contribution in [0.3, 0.4) is 0 Å². The van der Waals surface area contributed by atoms with Gasteiger partial charge < -0.3 is 5.32 Å². The highest BCUT2D eigenvalue weighted by Crippen LogP contribution is 2.57. The molecule has 0 spiro atoms. The molecule has 3 nitrogen and oxygen atoms in total. The molecule has 0 saturated heterocycles.